The highest BCUT2D eigenvalue weighted by Gasteiger charge is 2.35. The molecule has 16 heavy (non-hydrogen) atoms. The molecule has 0 aliphatic carbocycles. The SMILES string of the molecule is CCc1ccc(C2C(N)CC(=O)N2C)cc1. The van der Waals surface area contributed by atoms with E-state index >= 15 is 0 Å². The van der Waals surface area contributed by atoms with Gasteiger partial charge in [-0.3, -0.25) is 4.79 Å². The van der Waals surface area contributed by atoms with Crippen molar-refractivity contribution in [2.75, 3.05) is 7.05 Å². The second-order valence-corrected chi connectivity index (χ2v) is 4.41. The van der Waals surface area contributed by atoms with E-state index in [2.05, 4.69) is 31.2 Å². The standard InChI is InChI=1S/C13H18N2O/c1-3-9-4-6-10(7-5-9)13-11(14)8-12(16)15(13)2/h4-7,11,13H,3,8,14H2,1-2H3. The zero-order valence-corrected chi connectivity index (χ0v) is 9.81. The number of aryl methyl sites for hydroxylation is 1. The molecule has 3 heteroatoms. The number of benzene rings is 1. The first-order valence-electron chi connectivity index (χ1n) is 5.73. The molecule has 0 spiro atoms. The first kappa shape index (κ1) is 11.1. The van der Waals surface area contributed by atoms with Crippen LogP contribution in [0.25, 0.3) is 0 Å². The average Bonchev–Trinajstić information content (AvgIpc) is 2.54. The molecule has 2 N–H and O–H groups in total. The largest absolute Gasteiger partial charge is 0.337 e. The maximum Gasteiger partial charge on any atom is 0.224 e. The highest BCUT2D eigenvalue weighted by Crippen LogP contribution is 2.30. The summed E-state index contributed by atoms with van der Waals surface area (Å²) < 4.78 is 0. The lowest BCUT2D eigenvalue weighted by molar-refractivity contribution is -0.127. The molecule has 0 saturated carbocycles. The minimum atomic E-state index is -0.0787. The van der Waals surface area contributed by atoms with Gasteiger partial charge in [0.15, 0.2) is 0 Å². The van der Waals surface area contributed by atoms with Crippen LogP contribution in [0.4, 0.5) is 0 Å². The highest BCUT2D eigenvalue weighted by molar-refractivity contribution is 5.80. The third-order valence-corrected chi connectivity index (χ3v) is 3.36. The van der Waals surface area contributed by atoms with E-state index in [-0.39, 0.29) is 18.0 Å². The molecule has 86 valence electrons. The van der Waals surface area contributed by atoms with Crippen molar-refractivity contribution in [3.63, 3.8) is 0 Å². The van der Waals surface area contributed by atoms with Gasteiger partial charge in [-0.25, -0.2) is 0 Å². The van der Waals surface area contributed by atoms with Crippen LogP contribution in [-0.2, 0) is 11.2 Å². The Morgan fingerprint density at radius 1 is 1.38 bits per heavy atom. The number of nitrogens with two attached hydrogens (primary N) is 1. The Labute approximate surface area is 96.2 Å². The summed E-state index contributed by atoms with van der Waals surface area (Å²) in [5.41, 5.74) is 8.45. The molecule has 1 aromatic carbocycles. The lowest BCUT2D eigenvalue weighted by Crippen LogP contribution is -2.30. The summed E-state index contributed by atoms with van der Waals surface area (Å²) in [5, 5.41) is 0. The molecule has 2 atom stereocenters. The van der Waals surface area contributed by atoms with E-state index in [0.717, 1.165) is 12.0 Å². The van der Waals surface area contributed by atoms with Crippen molar-refractivity contribution < 1.29 is 4.79 Å². The van der Waals surface area contributed by atoms with Crippen LogP contribution in [0.2, 0.25) is 0 Å². The molecule has 3 nitrogen and oxygen atoms in total. The molecule has 0 aromatic heterocycles. The fourth-order valence-corrected chi connectivity index (χ4v) is 2.32. The lowest BCUT2D eigenvalue weighted by atomic mass is 9.99. The van der Waals surface area contributed by atoms with Gasteiger partial charge in [0.2, 0.25) is 5.91 Å². The number of carbonyl (C=O) groups is 1. The Kier molecular flexibility index (Phi) is 2.97. The van der Waals surface area contributed by atoms with Gasteiger partial charge in [0.25, 0.3) is 0 Å². The summed E-state index contributed by atoms with van der Waals surface area (Å²) >= 11 is 0. The number of hydrogen-bond donors (Lipinski definition) is 1. The molecule has 1 amide bonds. The Hall–Kier alpha value is -1.35. The van der Waals surface area contributed by atoms with Gasteiger partial charge in [0.05, 0.1) is 6.04 Å². The zero-order valence-electron chi connectivity index (χ0n) is 9.81. The smallest absolute Gasteiger partial charge is 0.224 e. The summed E-state index contributed by atoms with van der Waals surface area (Å²) in [4.78, 5) is 13.3. The number of nitrogens with zero attached hydrogens (tertiary/aromatic N) is 1. The maximum atomic E-state index is 11.5. The fraction of sp³-hybridized carbons (Fsp3) is 0.462. The van der Waals surface area contributed by atoms with Crippen molar-refractivity contribution in [1.29, 1.82) is 0 Å². The van der Waals surface area contributed by atoms with Crippen molar-refractivity contribution in [2.24, 2.45) is 5.73 Å². The summed E-state index contributed by atoms with van der Waals surface area (Å²) in [7, 11) is 1.83. The first-order chi connectivity index (χ1) is 7.63. The van der Waals surface area contributed by atoms with Gasteiger partial charge in [-0.05, 0) is 17.5 Å². The number of likely N-dealkylation sites (tertiary alicyclic amines) is 1. The molecule has 1 fully saturated rings. The number of hydrogen-bond acceptors (Lipinski definition) is 2. The van der Waals surface area contributed by atoms with Crippen molar-refractivity contribution in [2.45, 2.75) is 31.8 Å². The van der Waals surface area contributed by atoms with E-state index in [1.54, 1.807) is 4.90 Å². The van der Waals surface area contributed by atoms with Crippen LogP contribution in [0.3, 0.4) is 0 Å². The Morgan fingerprint density at radius 2 is 2.00 bits per heavy atom. The van der Waals surface area contributed by atoms with Crippen LogP contribution in [-0.4, -0.2) is 23.9 Å². The van der Waals surface area contributed by atoms with E-state index in [9.17, 15) is 4.79 Å². The minimum Gasteiger partial charge on any atom is -0.337 e. The fourth-order valence-electron chi connectivity index (χ4n) is 2.32. The average molecular weight is 218 g/mol. The highest BCUT2D eigenvalue weighted by atomic mass is 16.2. The van der Waals surface area contributed by atoms with E-state index in [4.69, 9.17) is 5.73 Å². The van der Waals surface area contributed by atoms with Gasteiger partial charge < -0.3 is 10.6 Å². The first-order valence-corrected chi connectivity index (χ1v) is 5.73. The maximum absolute atomic E-state index is 11.5. The summed E-state index contributed by atoms with van der Waals surface area (Å²) in [6.45, 7) is 2.13. The van der Waals surface area contributed by atoms with Crippen LogP contribution in [0.15, 0.2) is 24.3 Å². The van der Waals surface area contributed by atoms with Crippen molar-refractivity contribution in [3.05, 3.63) is 35.4 Å². The predicted molar refractivity (Wildman–Crippen MR) is 63.9 cm³/mol. The number of rotatable bonds is 2. The van der Waals surface area contributed by atoms with E-state index < -0.39 is 0 Å². The zero-order chi connectivity index (χ0) is 11.7. The quantitative estimate of drug-likeness (QED) is 0.817. The van der Waals surface area contributed by atoms with Crippen molar-refractivity contribution in [3.8, 4) is 0 Å². The Bertz CT molecular complexity index is 385. The van der Waals surface area contributed by atoms with Crippen LogP contribution in [0, 0.1) is 0 Å². The van der Waals surface area contributed by atoms with Crippen LogP contribution in [0.1, 0.15) is 30.5 Å². The van der Waals surface area contributed by atoms with Gasteiger partial charge in [0.1, 0.15) is 0 Å². The topological polar surface area (TPSA) is 46.3 Å². The molecule has 1 saturated heterocycles. The van der Waals surface area contributed by atoms with Gasteiger partial charge in [-0.1, -0.05) is 31.2 Å². The minimum absolute atomic E-state index is 0.0402. The second-order valence-electron chi connectivity index (χ2n) is 4.41. The molecule has 1 aliphatic heterocycles. The van der Waals surface area contributed by atoms with Crippen molar-refractivity contribution >= 4 is 5.91 Å². The molecular formula is C13H18N2O. The van der Waals surface area contributed by atoms with E-state index in [0.29, 0.717) is 6.42 Å². The van der Waals surface area contributed by atoms with Crippen LogP contribution >= 0.6 is 0 Å². The molecule has 1 aliphatic rings. The lowest BCUT2D eigenvalue weighted by Gasteiger charge is -2.23. The predicted octanol–water partition coefficient (Wildman–Crippen LogP) is 1.48. The molecule has 0 bridgehead atoms. The third kappa shape index (κ3) is 1.83. The van der Waals surface area contributed by atoms with Gasteiger partial charge in [0, 0.05) is 19.5 Å². The number of amides is 1. The normalized spacial score (nSPS) is 25.2. The van der Waals surface area contributed by atoms with Gasteiger partial charge in [-0.15, -0.1) is 0 Å². The molecule has 0 radical (unpaired) electrons. The Morgan fingerprint density at radius 3 is 2.44 bits per heavy atom. The molecule has 1 aromatic rings. The van der Waals surface area contributed by atoms with Crippen molar-refractivity contribution in [1.82, 2.24) is 4.90 Å². The monoisotopic (exact) mass is 218 g/mol. The van der Waals surface area contributed by atoms with Crippen LogP contribution < -0.4 is 5.73 Å². The summed E-state index contributed by atoms with van der Waals surface area (Å²) in [6, 6.07) is 8.34. The molecule has 1 heterocycles. The van der Waals surface area contributed by atoms with E-state index in [1.165, 1.54) is 5.56 Å². The number of carbonyl (C=O) groups excluding carboxylic acids is 1. The molecule has 2 unspecified atom stereocenters. The second kappa shape index (κ2) is 4.26. The molecule has 2 rings (SSSR count). The third-order valence-electron chi connectivity index (χ3n) is 3.36. The van der Waals surface area contributed by atoms with Crippen LogP contribution in [0.5, 0.6) is 0 Å². The molecular weight excluding hydrogens is 200 g/mol. The summed E-state index contributed by atoms with van der Waals surface area (Å²) in [6.07, 6.45) is 1.49. The van der Waals surface area contributed by atoms with Gasteiger partial charge in [-0.2, -0.15) is 0 Å². The summed E-state index contributed by atoms with van der Waals surface area (Å²) in [5.74, 6) is 0.136. The number of likely N-dealkylation sites (N-methyl/N-ethyl adjacent to an activating group) is 1. The Balaban J connectivity index is 2.26. The van der Waals surface area contributed by atoms with E-state index in [1.807, 2.05) is 7.05 Å². The van der Waals surface area contributed by atoms with Gasteiger partial charge >= 0.3 is 0 Å².